The Morgan fingerprint density at radius 2 is 1.92 bits per heavy atom. The van der Waals surface area contributed by atoms with Crippen LogP contribution in [0.1, 0.15) is 18.1 Å². The van der Waals surface area contributed by atoms with Crippen LogP contribution in [0.2, 0.25) is 0 Å². The molecule has 0 spiro atoms. The summed E-state index contributed by atoms with van der Waals surface area (Å²) in [6.45, 7) is 3.17. The molecular weight excluding hydrogens is 194 g/mol. The van der Waals surface area contributed by atoms with Crippen molar-refractivity contribution >= 4 is 16.6 Å². The predicted octanol–water partition coefficient (Wildman–Crippen LogP) is 3.87. The lowest BCUT2D eigenvalue weighted by atomic mass is 10.1. The van der Waals surface area contributed by atoms with Gasteiger partial charge in [-0.05, 0) is 19.4 Å². The maximum atomic E-state index is 13.2. The minimum atomic E-state index is -0.886. The topological polar surface area (TPSA) is 0 Å². The number of benzene rings is 1. The van der Waals surface area contributed by atoms with Crippen LogP contribution in [-0.4, -0.2) is 0 Å². The summed E-state index contributed by atoms with van der Waals surface area (Å²) in [6, 6.07) is 2.97. The van der Waals surface area contributed by atoms with Crippen LogP contribution < -0.4 is 0 Å². The fourth-order valence-electron chi connectivity index (χ4n) is 0.986. The summed E-state index contributed by atoms with van der Waals surface area (Å²) in [6.07, 6.45) is 1.52. The van der Waals surface area contributed by atoms with Gasteiger partial charge < -0.3 is 0 Å². The van der Waals surface area contributed by atoms with Crippen LogP contribution in [0.25, 0.3) is 5.03 Å². The molecule has 13 heavy (non-hydrogen) atoms. The number of rotatable bonds is 1. The second-order valence-corrected chi connectivity index (χ2v) is 3.10. The van der Waals surface area contributed by atoms with Gasteiger partial charge in [0.1, 0.15) is 0 Å². The third-order valence-electron chi connectivity index (χ3n) is 1.79. The average Bonchev–Trinajstić information content (AvgIpc) is 2.13. The summed E-state index contributed by atoms with van der Waals surface area (Å²) in [7, 11) is 0. The van der Waals surface area contributed by atoms with Crippen LogP contribution >= 0.6 is 11.6 Å². The highest BCUT2D eigenvalue weighted by atomic mass is 35.5. The third kappa shape index (κ3) is 1.89. The molecule has 70 valence electrons. The number of aryl methyl sites for hydroxylation is 1. The van der Waals surface area contributed by atoms with Crippen molar-refractivity contribution in [2.75, 3.05) is 0 Å². The van der Waals surface area contributed by atoms with Crippen LogP contribution in [0.15, 0.2) is 18.2 Å². The van der Waals surface area contributed by atoms with Gasteiger partial charge in [0.25, 0.3) is 0 Å². The van der Waals surface area contributed by atoms with E-state index < -0.39 is 11.6 Å². The highest BCUT2D eigenvalue weighted by molar-refractivity contribution is 6.48. The lowest BCUT2D eigenvalue weighted by Crippen LogP contribution is -1.93. The zero-order valence-corrected chi connectivity index (χ0v) is 8.12. The van der Waals surface area contributed by atoms with Crippen molar-refractivity contribution in [1.82, 2.24) is 0 Å². The lowest BCUT2D eigenvalue weighted by Gasteiger charge is -2.03. The van der Waals surface area contributed by atoms with Gasteiger partial charge >= 0.3 is 0 Å². The van der Waals surface area contributed by atoms with E-state index in [1.54, 1.807) is 6.92 Å². The normalized spacial score (nSPS) is 11.9. The Balaban J connectivity index is 3.34. The number of hydrogen-bond donors (Lipinski definition) is 0. The minimum Gasteiger partial charge on any atom is -0.203 e. The first kappa shape index (κ1) is 10.2. The van der Waals surface area contributed by atoms with Crippen LogP contribution in [-0.2, 0) is 0 Å². The van der Waals surface area contributed by atoms with E-state index >= 15 is 0 Å². The molecule has 0 aliphatic rings. The molecule has 0 fully saturated rings. The standard InChI is InChI=1S/C10H9ClF2/c1-3-8(11)7-5-4-6(2)9(12)10(7)13/h3-5H,1-2H3/b8-3-. The van der Waals surface area contributed by atoms with Crippen molar-refractivity contribution in [2.24, 2.45) is 0 Å². The molecule has 1 rings (SSSR count). The van der Waals surface area contributed by atoms with Crippen LogP contribution in [0.3, 0.4) is 0 Å². The Bertz CT molecular complexity index is 356. The van der Waals surface area contributed by atoms with Crippen LogP contribution in [0, 0.1) is 18.6 Å². The maximum absolute atomic E-state index is 13.2. The van der Waals surface area contributed by atoms with Gasteiger partial charge in [0.05, 0.1) is 0 Å². The molecule has 3 heteroatoms. The summed E-state index contributed by atoms with van der Waals surface area (Å²) >= 11 is 5.67. The smallest absolute Gasteiger partial charge is 0.167 e. The lowest BCUT2D eigenvalue weighted by molar-refractivity contribution is 0.501. The van der Waals surface area contributed by atoms with Gasteiger partial charge in [-0.25, -0.2) is 8.78 Å². The minimum absolute atomic E-state index is 0.104. The summed E-state index contributed by atoms with van der Waals surface area (Å²) < 4.78 is 26.2. The highest BCUT2D eigenvalue weighted by Crippen LogP contribution is 2.24. The van der Waals surface area contributed by atoms with E-state index in [-0.39, 0.29) is 16.2 Å². The van der Waals surface area contributed by atoms with E-state index in [1.807, 2.05) is 0 Å². The van der Waals surface area contributed by atoms with E-state index in [2.05, 4.69) is 0 Å². The Morgan fingerprint density at radius 1 is 1.31 bits per heavy atom. The second-order valence-electron chi connectivity index (χ2n) is 2.69. The molecule has 0 saturated carbocycles. The van der Waals surface area contributed by atoms with E-state index in [0.717, 1.165) is 0 Å². The third-order valence-corrected chi connectivity index (χ3v) is 2.21. The molecule has 0 saturated heterocycles. The molecule has 0 bridgehead atoms. The van der Waals surface area contributed by atoms with E-state index in [4.69, 9.17) is 11.6 Å². The predicted molar refractivity (Wildman–Crippen MR) is 50.6 cm³/mol. The summed E-state index contributed by atoms with van der Waals surface area (Å²) in [5, 5.41) is 0.219. The van der Waals surface area contributed by atoms with Gasteiger partial charge in [0.15, 0.2) is 11.6 Å². The fourth-order valence-corrected chi connectivity index (χ4v) is 1.13. The van der Waals surface area contributed by atoms with Crippen molar-refractivity contribution in [3.8, 4) is 0 Å². The Morgan fingerprint density at radius 3 is 2.46 bits per heavy atom. The van der Waals surface area contributed by atoms with E-state index in [1.165, 1.54) is 25.1 Å². The highest BCUT2D eigenvalue weighted by Gasteiger charge is 2.12. The Labute approximate surface area is 80.8 Å². The SMILES string of the molecule is C/C=C(\Cl)c1ccc(C)c(F)c1F. The molecule has 0 aliphatic carbocycles. The van der Waals surface area contributed by atoms with Crippen LogP contribution in [0.5, 0.6) is 0 Å². The summed E-state index contributed by atoms with van der Waals surface area (Å²) in [5.41, 5.74) is 0.383. The first-order valence-corrected chi connectivity index (χ1v) is 4.22. The summed E-state index contributed by atoms with van der Waals surface area (Å²) in [5.74, 6) is -1.72. The van der Waals surface area contributed by atoms with Crippen molar-refractivity contribution in [2.45, 2.75) is 13.8 Å². The number of hydrogen-bond acceptors (Lipinski definition) is 0. The second kappa shape index (κ2) is 3.88. The molecule has 1 aromatic carbocycles. The maximum Gasteiger partial charge on any atom is 0.167 e. The molecular formula is C10H9ClF2. The Kier molecular flexibility index (Phi) is 3.04. The Hall–Kier alpha value is -0.890. The number of allylic oxidation sites excluding steroid dienone is 1. The average molecular weight is 203 g/mol. The van der Waals surface area contributed by atoms with Crippen molar-refractivity contribution in [3.63, 3.8) is 0 Å². The zero-order valence-electron chi connectivity index (χ0n) is 7.37. The first-order valence-electron chi connectivity index (χ1n) is 3.84. The fraction of sp³-hybridized carbons (Fsp3) is 0.200. The molecule has 0 heterocycles. The van der Waals surface area contributed by atoms with E-state index in [9.17, 15) is 8.78 Å². The molecule has 0 atom stereocenters. The van der Waals surface area contributed by atoms with Crippen molar-refractivity contribution in [1.29, 1.82) is 0 Å². The van der Waals surface area contributed by atoms with Gasteiger partial charge in [-0.1, -0.05) is 29.8 Å². The molecule has 0 nitrogen and oxygen atoms in total. The van der Waals surface area contributed by atoms with Crippen molar-refractivity contribution in [3.05, 3.63) is 41.0 Å². The number of halogens is 3. The van der Waals surface area contributed by atoms with Gasteiger partial charge in [0, 0.05) is 10.6 Å². The largest absolute Gasteiger partial charge is 0.203 e. The molecule has 0 aliphatic heterocycles. The molecule has 1 aromatic rings. The molecule has 0 N–H and O–H groups in total. The van der Waals surface area contributed by atoms with Crippen molar-refractivity contribution < 1.29 is 8.78 Å². The zero-order chi connectivity index (χ0) is 10.0. The quantitative estimate of drug-likeness (QED) is 0.649. The van der Waals surface area contributed by atoms with Crippen LogP contribution in [0.4, 0.5) is 8.78 Å². The molecule has 0 amide bonds. The van der Waals surface area contributed by atoms with E-state index in [0.29, 0.717) is 0 Å². The van der Waals surface area contributed by atoms with Gasteiger partial charge in [0.2, 0.25) is 0 Å². The van der Waals surface area contributed by atoms with Gasteiger partial charge in [-0.2, -0.15) is 0 Å². The molecule has 0 aromatic heterocycles. The molecule has 0 radical (unpaired) electrons. The van der Waals surface area contributed by atoms with Gasteiger partial charge in [-0.15, -0.1) is 0 Å². The van der Waals surface area contributed by atoms with Gasteiger partial charge in [-0.3, -0.25) is 0 Å². The summed E-state index contributed by atoms with van der Waals surface area (Å²) in [4.78, 5) is 0. The monoisotopic (exact) mass is 202 g/mol. The first-order chi connectivity index (χ1) is 6.07. The molecule has 0 unspecified atom stereocenters.